The van der Waals surface area contributed by atoms with Gasteiger partial charge in [0.2, 0.25) is 0 Å². The van der Waals surface area contributed by atoms with E-state index in [1.807, 2.05) is 0 Å². The van der Waals surface area contributed by atoms with Crippen molar-refractivity contribution in [2.75, 3.05) is 14.1 Å². The molecule has 0 saturated heterocycles. The van der Waals surface area contributed by atoms with E-state index in [4.69, 9.17) is 5.14 Å². The van der Waals surface area contributed by atoms with Gasteiger partial charge in [0.25, 0.3) is 5.91 Å². The molecule has 1 rings (SSSR count). The van der Waals surface area contributed by atoms with Crippen LogP contribution in [-0.4, -0.2) is 33.4 Å². The Hall–Kier alpha value is -1.64. The first-order chi connectivity index (χ1) is 7.78. The minimum Gasteiger partial charge on any atom is -0.371 e. The zero-order valence-corrected chi connectivity index (χ0v) is 10.2. The van der Waals surface area contributed by atoms with Gasteiger partial charge in [0.05, 0.1) is 0 Å². The lowest BCUT2D eigenvalue weighted by Crippen LogP contribution is -2.36. The molecular weight excluding hydrogens is 246 g/mol. The molecule has 0 aliphatic heterocycles. The van der Waals surface area contributed by atoms with Gasteiger partial charge in [0, 0.05) is 19.7 Å². The van der Waals surface area contributed by atoms with E-state index in [2.05, 4.69) is 9.61 Å². The molecule has 17 heavy (non-hydrogen) atoms. The monoisotopic (exact) mass is 259 g/mol. The first-order valence-corrected chi connectivity index (χ1v) is 6.05. The minimum absolute atomic E-state index is 0.0499. The van der Waals surface area contributed by atoms with E-state index in [-0.39, 0.29) is 11.7 Å². The van der Waals surface area contributed by atoms with E-state index >= 15 is 0 Å². The van der Waals surface area contributed by atoms with Crippen LogP contribution in [0.25, 0.3) is 0 Å². The molecule has 8 heteroatoms. The Morgan fingerprint density at radius 3 is 2.24 bits per heavy atom. The average Bonchev–Trinajstić information content (AvgIpc) is 2.15. The fourth-order valence-corrected chi connectivity index (χ4v) is 1.44. The van der Waals surface area contributed by atoms with Crippen molar-refractivity contribution in [1.82, 2.24) is 10.4 Å². The number of hydrogen-bond donors (Lipinski definition) is 2. The van der Waals surface area contributed by atoms with Gasteiger partial charge in [-0.1, -0.05) is 0 Å². The number of benzene rings is 1. The van der Waals surface area contributed by atoms with Crippen LogP contribution in [0.1, 0.15) is 10.4 Å². The third-order valence-electron chi connectivity index (χ3n) is 1.65. The van der Waals surface area contributed by atoms with Gasteiger partial charge in [-0.2, -0.15) is 13.6 Å². The van der Waals surface area contributed by atoms with Crippen LogP contribution in [0.4, 0.5) is 0 Å². The Morgan fingerprint density at radius 1 is 1.29 bits per heavy atom. The van der Waals surface area contributed by atoms with Gasteiger partial charge in [-0.05, 0) is 24.3 Å². The number of amides is 1. The van der Waals surface area contributed by atoms with Crippen LogP contribution < -0.4 is 14.7 Å². The molecule has 1 amide bonds. The molecule has 7 nitrogen and oxygen atoms in total. The SMILES string of the molecule is CN(C)NC(=O)c1ccc(OS(N)(=O)=O)cc1. The molecule has 0 aliphatic rings. The van der Waals surface area contributed by atoms with Crippen molar-refractivity contribution in [3.05, 3.63) is 29.8 Å². The number of nitrogens with one attached hydrogen (secondary N) is 1. The number of rotatable bonds is 4. The lowest BCUT2D eigenvalue weighted by Gasteiger charge is -2.11. The molecule has 1 aromatic rings. The summed E-state index contributed by atoms with van der Waals surface area (Å²) in [7, 11) is -0.684. The molecule has 0 unspecified atom stereocenters. The minimum atomic E-state index is -4.04. The van der Waals surface area contributed by atoms with Crippen LogP contribution in [-0.2, 0) is 10.3 Å². The first kappa shape index (κ1) is 13.4. The van der Waals surface area contributed by atoms with Gasteiger partial charge in [0.15, 0.2) is 0 Å². The molecule has 0 saturated carbocycles. The van der Waals surface area contributed by atoms with Gasteiger partial charge in [-0.15, -0.1) is 0 Å². The van der Waals surface area contributed by atoms with Crippen molar-refractivity contribution >= 4 is 16.2 Å². The third kappa shape index (κ3) is 4.81. The Bertz CT molecular complexity index is 495. The summed E-state index contributed by atoms with van der Waals surface area (Å²) in [6.07, 6.45) is 0. The summed E-state index contributed by atoms with van der Waals surface area (Å²) in [6.45, 7) is 0. The number of hydrogen-bond acceptors (Lipinski definition) is 5. The maximum Gasteiger partial charge on any atom is 0.380 e. The van der Waals surface area contributed by atoms with E-state index in [0.29, 0.717) is 5.56 Å². The van der Waals surface area contributed by atoms with E-state index in [9.17, 15) is 13.2 Å². The summed E-state index contributed by atoms with van der Waals surface area (Å²) >= 11 is 0. The number of hydrazine groups is 1. The zero-order chi connectivity index (χ0) is 13.1. The topological polar surface area (TPSA) is 102 Å². The summed E-state index contributed by atoms with van der Waals surface area (Å²) < 4.78 is 25.7. The fourth-order valence-electron chi connectivity index (χ4n) is 1.06. The van der Waals surface area contributed by atoms with Crippen molar-refractivity contribution < 1.29 is 17.4 Å². The summed E-state index contributed by atoms with van der Waals surface area (Å²) in [5.74, 6) is -0.258. The highest BCUT2D eigenvalue weighted by molar-refractivity contribution is 7.84. The summed E-state index contributed by atoms with van der Waals surface area (Å²) in [6, 6.07) is 5.54. The molecule has 0 fully saturated rings. The van der Waals surface area contributed by atoms with Crippen molar-refractivity contribution in [3.63, 3.8) is 0 Å². The Morgan fingerprint density at radius 2 is 1.82 bits per heavy atom. The standard InChI is InChI=1S/C9H13N3O4S/c1-12(2)11-9(13)7-3-5-8(6-4-7)16-17(10,14)15/h3-6H,1-2H3,(H,11,13)(H2,10,14,15). The van der Waals surface area contributed by atoms with Gasteiger partial charge in [0.1, 0.15) is 5.75 Å². The Balaban J connectivity index is 2.78. The summed E-state index contributed by atoms with van der Waals surface area (Å²) in [5.41, 5.74) is 2.91. The summed E-state index contributed by atoms with van der Waals surface area (Å²) in [5, 5.41) is 6.19. The molecule has 94 valence electrons. The van der Waals surface area contributed by atoms with Crippen LogP contribution in [0.5, 0.6) is 5.75 Å². The van der Waals surface area contributed by atoms with Gasteiger partial charge >= 0.3 is 10.3 Å². The Kier molecular flexibility index (Phi) is 4.05. The quantitative estimate of drug-likeness (QED) is 0.708. The highest BCUT2D eigenvalue weighted by atomic mass is 32.2. The van der Waals surface area contributed by atoms with Crippen LogP contribution in [0.2, 0.25) is 0 Å². The van der Waals surface area contributed by atoms with Crippen LogP contribution >= 0.6 is 0 Å². The van der Waals surface area contributed by atoms with E-state index in [1.54, 1.807) is 14.1 Å². The predicted octanol–water partition coefficient (Wildman–Crippen LogP) is -0.525. The van der Waals surface area contributed by atoms with Gasteiger partial charge in [-0.25, -0.2) is 5.01 Å². The number of nitrogens with two attached hydrogens (primary N) is 1. The van der Waals surface area contributed by atoms with E-state index in [1.165, 1.54) is 29.3 Å². The highest BCUT2D eigenvalue weighted by Crippen LogP contribution is 2.13. The largest absolute Gasteiger partial charge is 0.380 e. The van der Waals surface area contributed by atoms with Gasteiger partial charge < -0.3 is 4.18 Å². The number of carbonyl (C=O) groups is 1. The predicted molar refractivity (Wildman–Crippen MR) is 61.3 cm³/mol. The fraction of sp³-hybridized carbons (Fsp3) is 0.222. The second kappa shape index (κ2) is 5.13. The van der Waals surface area contributed by atoms with Crippen LogP contribution in [0, 0.1) is 0 Å². The lowest BCUT2D eigenvalue weighted by molar-refractivity contribution is 0.0857. The van der Waals surface area contributed by atoms with Crippen molar-refractivity contribution in [1.29, 1.82) is 0 Å². The smallest absolute Gasteiger partial charge is 0.371 e. The normalized spacial score (nSPS) is 11.3. The molecular formula is C9H13N3O4S. The molecule has 0 atom stereocenters. The zero-order valence-electron chi connectivity index (χ0n) is 9.38. The molecule has 0 heterocycles. The van der Waals surface area contributed by atoms with Crippen molar-refractivity contribution in [2.45, 2.75) is 0 Å². The lowest BCUT2D eigenvalue weighted by atomic mass is 10.2. The van der Waals surface area contributed by atoms with Crippen molar-refractivity contribution in [2.24, 2.45) is 5.14 Å². The highest BCUT2D eigenvalue weighted by Gasteiger charge is 2.08. The molecule has 1 aromatic carbocycles. The van der Waals surface area contributed by atoms with E-state index in [0.717, 1.165) is 0 Å². The molecule has 3 N–H and O–H groups in total. The molecule has 0 bridgehead atoms. The molecule has 0 spiro atoms. The molecule has 0 radical (unpaired) electrons. The van der Waals surface area contributed by atoms with Crippen LogP contribution in [0.3, 0.4) is 0 Å². The maximum atomic E-state index is 11.5. The number of carbonyl (C=O) groups excluding carboxylic acids is 1. The van der Waals surface area contributed by atoms with Gasteiger partial charge in [-0.3, -0.25) is 10.2 Å². The van der Waals surface area contributed by atoms with E-state index < -0.39 is 10.3 Å². The average molecular weight is 259 g/mol. The van der Waals surface area contributed by atoms with Crippen molar-refractivity contribution in [3.8, 4) is 5.75 Å². The second-order valence-electron chi connectivity index (χ2n) is 3.44. The first-order valence-electron chi connectivity index (χ1n) is 4.58. The third-order valence-corrected chi connectivity index (χ3v) is 2.08. The molecule has 0 aromatic heterocycles. The molecule has 0 aliphatic carbocycles. The number of nitrogens with zero attached hydrogens (tertiary/aromatic N) is 1. The van der Waals surface area contributed by atoms with Crippen LogP contribution in [0.15, 0.2) is 24.3 Å². The second-order valence-corrected chi connectivity index (χ2v) is 4.59. The summed E-state index contributed by atoms with van der Waals surface area (Å²) in [4.78, 5) is 11.5. The Labute approximate surface area is 99.4 Å². The maximum absolute atomic E-state index is 11.5.